The Kier molecular flexibility index (Phi) is 5.49. The van der Waals surface area contributed by atoms with Crippen LogP contribution in [0.3, 0.4) is 0 Å². The van der Waals surface area contributed by atoms with E-state index in [4.69, 9.17) is 9.47 Å². The van der Waals surface area contributed by atoms with Crippen molar-refractivity contribution in [3.8, 4) is 23.2 Å². The van der Waals surface area contributed by atoms with Crippen LogP contribution in [0, 0.1) is 18.3 Å². The van der Waals surface area contributed by atoms with Crippen molar-refractivity contribution in [2.75, 3.05) is 7.11 Å². The normalized spacial score (nSPS) is 10.5. The Morgan fingerprint density at radius 2 is 1.68 bits per heavy atom. The van der Waals surface area contributed by atoms with Crippen molar-refractivity contribution >= 4 is 5.97 Å². The van der Waals surface area contributed by atoms with Crippen molar-refractivity contribution in [3.05, 3.63) is 89.5 Å². The predicted molar refractivity (Wildman–Crippen MR) is 112 cm³/mol. The van der Waals surface area contributed by atoms with E-state index in [-0.39, 0.29) is 12.3 Å². The van der Waals surface area contributed by atoms with Gasteiger partial charge >= 0.3 is 5.97 Å². The minimum atomic E-state index is -0.658. The Morgan fingerprint density at radius 1 is 1.03 bits per heavy atom. The van der Waals surface area contributed by atoms with E-state index in [9.17, 15) is 10.1 Å². The first kappa shape index (κ1) is 19.9. The summed E-state index contributed by atoms with van der Waals surface area (Å²) in [7, 11) is 1.46. The zero-order chi connectivity index (χ0) is 21.8. The van der Waals surface area contributed by atoms with Crippen LogP contribution in [0.1, 0.15) is 27.4 Å². The number of methoxy groups -OCH3 is 1. The predicted octanol–water partition coefficient (Wildman–Crippen LogP) is 3.60. The van der Waals surface area contributed by atoms with E-state index < -0.39 is 5.97 Å². The molecule has 4 aromatic rings. The monoisotopic (exact) mass is 413 g/mol. The number of rotatable bonds is 6. The number of para-hydroxylation sites is 2. The fraction of sp³-hybridized carbons (Fsp3) is 0.130. The maximum atomic E-state index is 12.8. The molecule has 0 saturated heterocycles. The van der Waals surface area contributed by atoms with E-state index in [1.54, 1.807) is 22.5 Å². The van der Waals surface area contributed by atoms with Crippen LogP contribution in [0.4, 0.5) is 0 Å². The van der Waals surface area contributed by atoms with Gasteiger partial charge in [-0.05, 0) is 31.2 Å². The third-order valence-electron chi connectivity index (χ3n) is 4.72. The van der Waals surface area contributed by atoms with Gasteiger partial charge in [0.2, 0.25) is 5.69 Å². The van der Waals surface area contributed by atoms with Gasteiger partial charge in [0.15, 0.2) is 5.75 Å². The van der Waals surface area contributed by atoms with Crippen LogP contribution in [0.25, 0.3) is 11.4 Å². The Balaban J connectivity index is 1.62. The lowest BCUT2D eigenvalue weighted by atomic mass is 10.2. The SMILES string of the molecule is COc1cn(-c2ccccc2)nc1C(=O)OCc1c(C#N)c(C)nn1-c1ccccc1. The number of nitrogens with zero attached hydrogens (tertiary/aromatic N) is 5. The molecule has 8 heteroatoms. The smallest absolute Gasteiger partial charge is 0.363 e. The van der Waals surface area contributed by atoms with Gasteiger partial charge in [-0.25, -0.2) is 14.2 Å². The highest BCUT2D eigenvalue weighted by Gasteiger charge is 2.23. The molecule has 0 radical (unpaired) electrons. The van der Waals surface area contributed by atoms with Crippen molar-refractivity contribution in [1.82, 2.24) is 19.6 Å². The summed E-state index contributed by atoms with van der Waals surface area (Å²) >= 11 is 0. The summed E-state index contributed by atoms with van der Waals surface area (Å²) in [6.45, 7) is 1.60. The topological polar surface area (TPSA) is 95.0 Å². The van der Waals surface area contributed by atoms with Crippen molar-refractivity contribution in [3.63, 3.8) is 0 Å². The lowest BCUT2D eigenvalue weighted by Crippen LogP contribution is -2.11. The number of benzene rings is 2. The second kappa shape index (κ2) is 8.55. The van der Waals surface area contributed by atoms with Gasteiger partial charge in [0.25, 0.3) is 0 Å². The van der Waals surface area contributed by atoms with Gasteiger partial charge in [-0.1, -0.05) is 36.4 Å². The van der Waals surface area contributed by atoms with Crippen LogP contribution in [-0.2, 0) is 11.3 Å². The highest BCUT2D eigenvalue weighted by atomic mass is 16.5. The summed E-state index contributed by atoms with van der Waals surface area (Å²) in [5.41, 5.74) is 3.02. The maximum absolute atomic E-state index is 12.8. The first-order valence-corrected chi connectivity index (χ1v) is 9.52. The summed E-state index contributed by atoms with van der Waals surface area (Å²) in [6, 6.07) is 20.9. The fourth-order valence-electron chi connectivity index (χ4n) is 3.20. The molecule has 0 fully saturated rings. The van der Waals surface area contributed by atoms with Crippen LogP contribution in [-0.4, -0.2) is 32.6 Å². The average Bonchev–Trinajstić information content (AvgIpc) is 3.39. The van der Waals surface area contributed by atoms with Gasteiger partial charge in [0.1, 0.15) is 18.2 Å². The van der Waals surface area contributed by atoms with Crippen molar-refractivity contribution < 1.29 is 14.3 Å². The number of hydrogen-bond donors (Lipinski definition) is 0. The third kappa shape index (κ3) is 3.89. The molecule has 0 aliphatic heterocycles. The molecule has 0 unspecified atom stereocenters. The van der Waals surface area contributed by atoms with Gasteiger partial charge in [-0.2, -0.15) is 15.5 Å². The molecule has 31 heavy (non-hydrogen) atoms. The fourth-order valence-corrected chi connectivity index (χ4v) is 3.20. The summed E-state index contributed by atoms with van der Waals surface area (Å²) in [5.74, 6) is -0.365. The van der Waals surface area contributed by atoms with Gasteiger partial charge in [0.05, 0.1) is 36.1 Å². The molecule has 2 aromatic heterocycles. The zero-order valence-corrected chi connectivity index (χ0v) is 17.0. The Labute approximate surface area is 178 Å². The van der Waals surface area contributed by atoms with Gasteiger partial charge < -0.3 is 9.47 Å². The number of aryl methyl sites for hydroxylation is 1. The van der Waals surface area contributed by atoms with Crippen molar-refractivity contribution in [1.29, 1.82) is 5.26 Å². The zero-order valence-electron chi connectivity index (χ0n) is 17.0. The minimum Gasteiger partial charge on any atom is -0.493 e. The lowest BCUT2D eigenvalue weighted by Gasteiger charge is -2.08. The van der Waals surface area contributed by atoms with Crippen LogP contribution in [0.2, 0.25) is 0 Å². The molecule has 0 aliphatic carbocycles. The Morgan fingerprint density at radius 3 is 2.29 bits per heavy atom. The molecule has 0 aliphatic rings. The molecule has 2 heterocycles. The van der Waals surface area contributed by atoms with E-state index in [2.05, 4.69) is 16.3 Å². The number of esters is 1. The van der Waals surface area contributed by atoms with Gasteiger partial charge in [-0.3, -0.25) is 0 Å². The quantitative estimate of drug-likeness (QED) is 0.448. The number of nitriles is 1. The Hall–Kier alpha value is -4.38. The van der Waals surface area contributed by atoms with Crippen LogP contribution < -0.4 is 4.74 Å². The van der Waals surface area contributed by atoms with E-state index in [1.807, 2.05) is 60.7 Å². The average molecular weight is 413 g/mol. The number of carbonyl (C=O) groups excluding carboxylic acids is 1. The molecule has 0 atom stereocenters. The molecule has 154 valence electrons. The minimum absolute atomic E-state index is 0.0485. The largest absolute Gasteiger partial charge is 0.493 e. The maximum Gasteiger partial charge on any atom is 0.363 e. The summed E-state index contributed by atoms with van der Waals surface area (Å²) in [4.78, 5) is 12.8. The number of hydrogen-bond acceptors (Lipinski definition) is 6. The second-order valence-electron chi connectivity index (χ2n) is 6.67. The number of ether oxygens (including phenoxy) is 2. The number of carbonyl (C=O) groups is 1. The molecular formula is C23H19N5O3. The van der Waals surface area contributed by atoms with Gasteiger partial charge in [-0.15, -0.1) is 0 Å². The molecule has 0 N–H and O–H groups in total. The van der Waals surface area contributed by atoms with Crippen molar-refractivity contribution in [2.45, 2.75) is 13.5 Å². The molecule has 8 nitrogen and oxygen atoms in total. The van der Waals surface area contributed by atoms with Gasteiger partial charge in [0, 0.05) is 0 Å². The highest BCUT2D eigenvalue weighted by Crippen LogP contribution is 2.23. The molecule has 0 amide bonds. The highest BCUT2D eigenvalue weighted by molar-refractivity contribution is 5.90. The first-order chi connectivity index (χ1) is 15.1. The Bertz CT molecular complexity index is 1250. The van der Waals surface area contributed by atoms with Crippen LogP contribution in [0.5, 0.6) is 5.75 Å². The van der Waals surface area contributed by atoms with Crippen molar-refractivity contribution in [2.24, 2.45) is 0 Å². The molecule has 4 rings (SSSR count). The van der Waals surface area contributed by atoms with E-state index in [1.165, 1.54) is 7.11 Å². The van der Waals surface area contributed by atoms with E-state index >= 15 is 0 Å². The summed E-state index contributed by atoms with van der Waals surface area (Å²) in [5, 5.41) is 18.3. The lowest BCUT2D eigenvalue weighted by molar-refractivity contribution is 0.0453. The second-order valence-corrected chi connectivity index (χ2v) is 6.67. The van der Waals surface area contributed by atoms with Crippen LogP contribution >= 0.6 is 0 Å². The summed E-state index contributed by atoms with van der Waals surface area (Å²) < 4.78 is 14.0. The third-order valence-corrected chi connectivity index (χ3v) is 4.72. The molecular weight excluding hydrogens is 394 g/mol. The molecule has 0 bridgehead atoms. The van der Waals surface area contributed by atoms with E-state index in [0.717, 1.165) is 11.4 Å². The number of aromatic nitrogens is 4. The molecule has 0 spiro atoms. The van der Waals surface area contributed by atoms with E-state index in [0.29, 0.717) is 22.7 Å². The summed E-state index contributed by atoms with van der Waals surface area (Å²) in [6.07, 6.45) is 1.62. The van der Waals surface area contributed by atoms with Crippen LogP contribution in [0.15, 0.2) is 66.9 Å². The first-order valence-electron chi connectivity index (χ1n) is 9.52. The molecule has 2 aromatic carbocycles. The standard InChI is InChI=1S/C23H19N5O3/c1-16-19(13-24)20(28(25-16)18-11-7-4-8-12-18)15-31-23(29)22-21(30-2)14-27(26-22)17-9-5-3-6-10-17/h3-12,14H,15H2,1-2H3. The molecule has 0 saturated carbocycles.